The van der Waals surface area contributed by atoms with Gasteiger partial charge in [-0.15, -0.1) is 11.3 Å². The highest BCUT2D eigenvalue weighted by atomic mass is 32.1. The van der Waals surface area contributed by atoms with Gasteiger partial charge in [0.05, 0.1) is 18.1 Å². The molecule has 29 heavy (non-hydrogen) atoms. The maximum absolute atomic E-state index is 12.5. The number of hydrogen-bond donors (Lipinski definition) is 1. The fourth-order valence-corrected chi connectivity index (χ4v) is 3.43. The topological polar surface area (TPSA) is 81.9 Å². The van der Waals surface area contributed by atoms with Gasteiger partial charge in [0, 0.05) is 30.3 Å². The lowest BCUT2D eigenvalue weighted by atomic mass is 10.1. The van der Waals surface area contributed by atoms with Crippen LogP contribution in [0.25, 0.3) is 10.6 Å². The smallest absolute Gasteiger partial charge is 0.275 e. The third-order valence-electron chi connectivity index (χ3n) is 4.38. The molecule has 3 heterocycles. The molecule has 0 fully saturated rings. The number of anilines is 1. The van der Waals surface area contributed by atoms with E-state index in [9.17, 15) is 4.79 Å². The highest BCUT2D eigenvalue weighted by Gasteiger charge is 2.13. The first-order valence-electron chi connectivity index (χ1n) is 8.95. The number of pyridine rings is 1. The summed E-state index contributed by atoms with van der Waals surface area (Å²) < 4.78 is 7.47. The van der Waals surface area contributed by atoms with E-state index in [4.69, 9.17) is 4.74 Å². The molecule has 3 aromatic heterocycles. The van der Waals surface area contributed by atoms with Crippen LogP contribution in [0.4, 0.5) is 5.69 Å². The standard InChI is InChI=1S/C21H19N5O2S/c1-13-4-6-17(8-14(13)2)28-19-7-5-16(10-22-19)24-20(27)18-12-29-21(25-18)15-9-23-26(3)11-15/h4-12H,1-3H3,(H,24,27). The average molecular weight is 405 g/mol. The molecule has 0 aliphatic rings. The van der Waals surface area contributed by atoms with E-state index in [0.29, 0.717) is 17.3 Å². The molecule has 7 nitrogen and oxygen atoms in total. The summed E-state index contributed by atoms with van der Waals surface area (Å²) in [5.41, 5.74) is 4.16. The Labute approximate surface area is 172 Å². The molecule has 0 saturated carbocycles. The summed E-state index contributed by atoms with van der Waals surface area (Å²) in [7, 11) is 1.84. The number of carbonyl (C=O) groups is 1. The van der Waals surface area contributed by atoms with Crippen LogP contribution >= 0.6 is 11.3 Å². The van der Waals surface area contributed by atoms with Crippen molar-refractivity contribution in [2.24, 2.45) is 7.05 Å². The van der Waals surface area contributed by atoms with Crippen molar-refractivity contribution in [1.29, 1.82) is 0 Å². The van der Waals surface area contributed by atoms with E-state index >= 15 is 0 Å². The molecule has 1 N–H and O–H groups in total. The van der Waals surface area contributed by atoms with Gasteiger partial charge in [-0.1, -0.05) is 6.07 Å². The Morgan fingerprint density at radius 1 is 1.14 bits per heavy atom. The summed E-state index contributed by atoms with van der Waals surface area (Å²) >= 11 is 1.40. The highest BCUT2D eigenvalue weighted by Crippen LogP contribution is 2.25. The largest absolute Gasteiger partial charge is 0.439 e. The second-order valence-electron chi connectivity index (χ2n) is 6.63. The molecule has 0 radical (unpaired) electrons. The summed E-state index contributed by atoms with van der Waals surface area (Å²) in [5.74, 6) is 0.891. The van der Waals surface area contributed by atoms with Gasteiger partial charge in [-0.3, -0.25) is 9.48 Å². The lowest BCUT2D eigenvalue weighted by Crippen LogP contribution is -2.12. The first kappa shape index (κ1) is 18.8. The van der Waals surface area contributed by atoms with Gasteiger partial charge in [0.1, 0.15) is 16.5 Å². The Balaban J connectivity index is 1.41. The van der Waals surface area contributed by atoms with E-state index < -0.39 is 0 Å². The number of aromatic nitrogens is 4. The zero-order chi connectivity index (χ0) is 20.4. The predicted molar refractivity (Wildman–Crippen MR) is 112 cm³/mol. The van der Waals surface area contributed by atoms with Crippen molar-refractivity contribution >= 4 is 22.9 Å². The van der Waals surface area contributed by atoms with Crippen LogP contribution in [-0.2, 0) is 7.05 Å². The first-order chi connectivity index (χ1) is 14.0. The Bertz CT molecular complexity index is 1160. The Morgan fingerprint density at radius 3 is 2.69 bits per heavy atom. The number of aryl methyl sites for hydroxylation is 3. The second-order valence-corrected chi connectivity index (χ2v) is 7.49. The molecule has 4 aromatic rings. The van der Waals surface area contributed by atoms with Gasteiger partial charge in [0.25, 0.3) is 5.91 Å². The normalized spacial score (nSPS) is 10.7. The van der Waals surface area contributed by atoms with Crippen molar-refractivity contribution in [3.63, 3.8) is 0 Å². The third kappa shape index (κ3) is 4.33. The van der Waals surface area contributed by atoms with Crippen molar-refractivity contribution in [3.8, 4) is 22.2 Å². The molecule has 146 valence electrons. The molecule has 0 spiro atoms. The lowest BCUT2D eigenvalue weighted by molar-refractivity contribution is 0.102. The Kier molecular flexibility index (Phi) is 5.09. The third-order valence-corrected chi connectivity index (χ3v) is 5.28. The number of carbonyl (C=O) groups excluding carboxylic acids is 1. The molecular weight excluding hydrogens is 386 g/mol. The van der Waals surface area contributed by atoms with Gasteiger partial charge in [0.15, 0.2) is 0 Å². The molecule has 0 bridgehead atoms. The van der Waals surface area contributed by atoms with Crippen molar-refractivity contribution in [2.45, 2.75) is 13.8 Å². The minimum Gasteiger partial charge on any atom is -0.439 e. The summed E-state index contributed by atoms with van der Waals surface area (Å²) in [6.07, 6.45) is 5.14. The van der Waals surface area contributed by atoms with Gasteiger partial charge < -0.3 is 10.1 Å². The molecule has 0 aliphatic carbocycles. The van der Waals surface area contributed by atoms with Gasteiger partial charge in [-0.25, -0.2) is 9.97 Å². The van der Waals surface area contributed by atoms with Crippen LogP contribution in [0.15, 0.2) is 54.3 Å². The van der Waals surface area contributed by atoms with Crippen LogP contribution in [0.5, 0.6) is 11.6 Å². The second kappa shape index (κ2) is 7.84. The van der Waals surface area contributed by atoms with Gasteiger partial charge >= 0.3 is 0 Å². The molecule has 8 heteroatoms. The number of nitrogens with one attached hydrogen (secondary N) is 1. The van der Waals surface area contributed by atoms with Crippen LogP contribution in [0, 0.1) is 13.8 Å². The van der Waals surface area contributed by atoms with Crippen LogP contribution in [0.1, 0.15) is 21.6 Å². The molecule has 1 amide bonds. The number of nitrogens with zero attached hydrogens (tertiary/aromatic N) is 4. The van der Waals surface area contributed by atoms with E-state index in [1.165, 1.54) is 16.9 Å². The van der Waals surface area contributed by atoms with E-state index in [0.717, 1.165) is 21.9 Å². The fraction of sp³-hybridized carbons (Fsp3) is 0.143. The first-order valence-corrected chi connectivity index (χ1v) is 9.83. The van der Waals surface area contributed by atoms with Gasteiger partial charge in [-0.2, -0.15) is 5.10 Å². The van der Waals surface area contributed by atoms with Crippen molar-refractivity contribution in [1.82, 2.24) is 19.7 Å². The number of ether oxygens (including phenoxy) is 1. The van der Waals surface area contributed by atoms with Crippen LogP contribution in [-0.4, -0.2) is 25.7 Å². The van der Waals surface area contributed by atoms with Crippen molar-refractivity contribution in [2.75, 3.05) is 5.32 Å². The fourth-order valence-electron chi connectivity index (χ4n) is 2.65. The molecule has 0 unspecified atom stereocenters. The van der Waals surface area contributed by atoms with Crippen LogP contribution in [0.2, 0.25) is 0 Å². The minimum atomic E-state index is -0.291. The highest BCUT2D eigenvalue weighted by molar-refractivity contribution is 7.13. The Hall–Kier alpha value is -3.52. The van der Waals surface area contributed by atoms with Gasteiger partial charge in [-0.05, 0) is 43.2 Å². The summed E-state index contributed by atoms with van der Waals surface area (Å²) in [5, 5.41) is 9.40. The molecule has 4 rings (SSSR count). The minimum absolute atomic E-state index is 0.291. The van der Waals surface area contributed by atoms with E-state index in [1.54, 1.807) is 34.6 Å². The van der Waals surface area contributed by atoms with Crippen LogP contribution in [0.3, 0.4) is 0 Å². The number of rotatable bonds is 5. The predicted octanol–water partition coefficient (Wildman–Crippen LogP) is 4.60. The molecule has 0 saturated heterocycles. The molecular formula is C21H19N5O2S. The summed E-state index contributed by atoms with van der Waals surface area (Å²) in [4.78, 5) is 21.1. The number of amides is 1. The van der Waals surface area contributed by atoms with Crippen molar-refractivity contribution in [3.05, 3.63) is 71.1 Å². The zero-order valence-electron chi connectivity index (χ0n) is 16.2. The van der Waals surface area contributed by atoms with Crippen molar-refractivity contribution < 1.29 is 9.53 Å². The molecule has 0 atom stereocenters. The maximum Gasteiger partial charge on any atom is 0.275 e. The van der Waals surface area contributed by atoms with Gasteiger partial charge in [0.2, 0.25) is 5.88 Å². The monoisotopic (exact) mass is 405 g/mol. The lowest BCUT2D eigenvalue weighted by Gasteiger charge is -2.08. The summed E-state index contributed by atoms with van der Waals surface area (Å²) in [6, 6.07) is 9.34. The quantitative estimate of drug-likeness (QED) is 0.525. The maximum atomic E-state index is 12.5. The number of benzene rings is 1. The number of hydrogen-bond acceptors (Lipinski definition) is 6. The van der Waals surface area contributed by atoms with E-state index in [-0.39, 0.29) is 5.91 Å². The Morgan fingerprint density at radius 2 is 2.00 bits per heavy atom. The van der Waals surface area contributed by atoms with E-state index in [1.807, 2.05) is 38.4 Å². The number of thiazole rings is 1. The molecule has 1 aromatic carbocycles. The van der Waals surface area contributed by atoms with Crippen LogP contribution < -0.4 is 10.1 Å². The average Bonchev–Trinajstić information content (AvgIpc) is 3.35. The molecule has 0 aliphatic heterocycles. The van der Waals surface area contributed by atoms with E-state index in [2.05, 4.69) is 27.3 Å². The summed E-state index contributed by atoms with van der Waals surface area (Å²) in [6.45, 7) is 4.09. The SMILES string of the molecule is Cc1ccc(Oc2ccc(NC(=O)c3csc(-c4cnn(C)c4)n3)cn2)cc1C. The zero-order valence-corrected chi connectivity index (χ0v) is 17.0.